The van der Waals surface area contributed by atoms with Crippen LogP contribution in [0.2, 0.25) is 0 Å². The number of aliphatic hydroxyl groups is 1. The third kappa shape index (κ3) is 3.44. The van der Waals surface area contributed by atoms with Crippen molar-refractivity contribution in [2.24, 2.45) is 5.41 Å². The molecule has 2 atom stereocenters. The van der Waals surface area contributed by atoms with Gasteiger partial charge in [-0.1, -0.05) is 13.0 Å². The number of aryl methyl sites for hydroxylation is 2. The van der Waals surface area contributed by atoms with Gasteiger partial charge in [-0.05, 0) is 75.9 Å². The minimum absolute atomic E-state index is 0.0660. The number of benzene rings is 1. The molecule has 0 saturated carbocycles. The first-order valence-electron chi connectivity index (χ1n) is 9.76. The van der Waals surface area contributed by atoms with Crippen molar-refractivity contribution in [2.45, 2.75) is 57.4 Å². The van der Waals surface area contributed by atoms with Crippen LogP contribution in [0.3, 0.4) is 0 Å². The molecule has 0 aliphatic carbocycles. The summed E-state index contributed by atoms with van der Waals surface area (Å²) in [4.78, 5) is 2.73. The molecular formula is C20H32N2O3S. The van der Waals surface area contributed by atoms with E-state index in [4.69, 9.17) is 0 Å². The molecule has 0 unspecified atom stereocenters. The molecule has 0 radical (unpaired) electrons. The zero-order chi connectivity index (χ0) is 18.9. The molecule has 146 valence electrons. The average Bonchev–Trinajstić information content (AvgIpc) is 2.63. The Morgan fingerprint density at radius 2 is 1.96 bits per heavy atom. The second-order valence-electron chi connectivity index (χ2n) is 8.05. The summed E-state index contributed by atoms with van der Waals surface area (Å²) in [5.74, 6) is 0. The van der Waals surface area contributed by atoms with Gasteiger partial charge in [0.05, 0.1) is 11.5 Å². The molecule has 1 aromatic rings. The summed E-state index contributed by atoms with van der Waals surface area (Å²) >= 11 is 0. The Morgan fingerprint density at radius 1 is 1.19 bits per heavy atom. The number of likely N-dealkylation sites (tertiary alicyclic amines) is 1. The number of fused-ring (bicyclic) bond motifs is 1. The zero-order valence-corrected chi connectivity index (χ0v) is 17.1. The molecule has 2 aliphatic rings. The van der Waals surface area contributed by atoms with Crippen LogP contribution in [0.25, 0.3) is 0 Å². The van der Waals surface area contributed by atoms with E-state index in [0.717, 1.165) is 56.4 Å². The average molecular weight is 381 g/mol. The van der Waals surface area contributed by atoms with E-state index < -0.39 is 10.0 Å². The summed E-state index contributed by atoms with van der Waals surface area (Å²) in [6.45, 7) is 9.35. The second kappa shape index (κ2) is 7.58. The summed E-state index contributed by atoms with van der Waals surface area (Å²) in [5, 5.41) is 10.2. The van der Waals surface area contributed by atoms with Crippen molar-refractivity contribution in [1.82, 2.24) is 9.21 Å². The molecule has 2 aliphatic heterocycles. The number of sulfonamides is 1. The topological polar surface area (TPSA) is 60.9 Å². The Morgan fingerprint density at radius 3 is 2.62 bits per heavy atom. The summed E-state index contributed by atoms with van der Waals surface area (Å²) in [6.07, 6.45) is 3.65. The molecule has 2 saturated heterocycles. The highest BCUT2D eigenvalue weighted by atomic mass is 32.2. The Balaban J connectivity index is 1.97. The van der Waals surface area contributed by atoms with Crippen LogP contribution in [0.15, 0.2) is 23.1 Å². The van der Waals surface area contributed by atoms with Gasteiger partial charge < -0.3 is 10.0 Å². The van der Waals surface area contributed by atoms with Crippen LogP contribution in [-0.4, -0.2) is 61.6 Å². The number of hydrogen-bond acceptors (Lipinski definition) is 4. The molecule has 0 bridgehead atoms. The monoisotopic (exact) mass is 380 g/mol. The van der Waals surface area contributed by atoms with Gasteiger partial charge in [-0.15, -0.1) is 0 Å². The minimum Gasteiger partial charge on any atom is -0.396 e. The van der Waals surface area contributed by atoms with Gasteiger partial charge in [-0.3, -0.25) is 0 Å². The first-order chi connectivity index (χ1) is 12.3. The van der Waals surface area contributed by atoms with Crippen molar-refractivity contribution in [2.75, 3.05) is 32.8 Å². The third-order valence-electron chi connectivity index (χ3n) is 6.40. The number of hydrogen-bond donors (Lipinski definition) is 1. The number of aliphatic hydroxyl groups excluding tert-OH is 1. The maximum atomic E-state index is 13.5. The molecule has 0 aromatic heterocycles. The molecule has 2 heterocycles. The van der Waals surface area contributed by atoms with E-state index in [-0.39, 0.29) is 18.1 Å². The molecule has 0 spiro atoms. The fourth-order valence-electron chi connectivity index (χ4n) is 4.59. The smallest absolute Gasteiger partial charge is 0.243 e. The summed E-state index contributed by atoms with van der Waals surface area (Å²) in [7, 11) is -3.56. The second-order valence-corrected chi connectivity index (χ2v) is 9.94. The Labute approximate surface area is 158 Å². The van der Waals surface area contributed by atoms with E-state index in [1.54, 1.807) is 16.4 Å². The number of nitrogens with zero attached hydrogens (tertiary/aromatic N) is 2. The standard InChI is InChI=1S/C20H32N2O3S/c1-4-10-21-12-9-20(15-23)8-5-11-22(19(20)14-21)26(24,25)18-7-6-16(2)17(3)13-18/h6-7,13,19,23H,4-5,8-12,14-15H2,1-3H3/t19-,20-/m1/s1. The fraction of sp³-hybridized carbons (Fsp3) is 0.700. The predicted molar refractivity (Wildman–Crippen MR) is 104 cm³/mol. The quantitative estimate of drug-likeness (QED) is 0.853. The Bertz CT molecular complexity index is 749. The van der Waals surface area contributed by atoms with Crippen LogP contribution < -0.4 is 0 Å². The maximum Gasteiger partial charge on any atom is 0.243 e. The van der Waals surface area contributed by atoms with Crippen molar-refractivity contribution >= 4 is 10.0 Å². The predicted octanol–water partition coefficient (Wildman–Crippen LogP) is 2.55. The van der Waals surface area contributed by atoms with Crippen molar-refractivity contribution in [3.05, 3.63) is 29.3 Å². The third-order valence-corrected chi connectivity index (χ3v) is 8.31. The van der Waals surface area contributed by atoms with Crippen LogP contribution in [-0.2, 0) is 10.0 Å². The highest BCUT2D eigenvalue weighted by Crippen LogP contribution is 2.44. The van der Waals surface area contributed by atoms with Crippen LogP contribution in [0.4, 0.5) is 0 Å². The van der Waals surface area contributed by atoms with Gasteiger partial charge in [-0.25, -0.2) is 8.42 Å². The first-order valence-corrected chi connectivity index (χ1v) is 11.2. The number of piperidine rings is 2. The van der Waals surface area contributed by atoms with E-state index in [9.17, 15) is 13.5 Å². The lowest BCUT2D eigenvalue weighted by Gasteiger charge is -2.53. The highest BCUT2D eigenvalue weighted by Gasteiger charge is 2.50. The highest BCUT2D eigenvalue weighted by molar-refractivity contribution is 7.89. The maximum absolute atomic E-state index is 13.5. The van der Waals surface area contributed by atoms with Crippen molar-refractivity contribution in [3.8, 4) is 0 Å². The van der Waals surface area contributed by atoms with Gasteiger partial charge in [-0.2, -0.15) is 4.31 Å². The van der Waals surface area contributed by atoms with E-state index in [1.807, 2.05) is 19.9 Å². The van der Waals surface area contributed by atoms with Crippen LogP contribution in [0.5, 0.6) is 0 Å². The fourth-order valence-corrected chi connectivity index (χ4v) is 6.42. The first kappa shape index (κ1) is 19.8. The molecule has 1 N–H and O–H groups in total. The molecule has 5 nitrogen and oxygen atoms in total. The lowest BCUT2D eigenvalue weighted by molar-refractivity contribution is -0.0463. The molecule has 2 fully saturated rings. The van der Waals surface area contributed by atoms with E-state index >= 15 is 0 Å². The van der Waals surface area contributed by atoms with E-state index in [2.05, 4.69) is 11.8 Å². The minimum atomic E-state index is -3.56. The van der Waals surface area contributed by atoms with Gasteiger partial charge in [0.1, 0.15) is 0 Å². The van der Waals surface area contributed by atoms with Crippen molar-refractivity contribution in [3.63, 3.8) is 0 Å². The van der Waals surface area contributed by atoms with Crippen molar-refractivity contribution < 1.29 is 13.5 Å². The molecule has 1 aromatic carbocycles. The lowest BCUT2D eigenvalue weighted by atomic mass is 9.70. The zero-order valence-electron chi connectivity index (χ0n) is 16.2. The van der Waals surface area contributed by atoms with E-state index in [1.165, 1.54) is 0 Å². The molecule has 3 rings (SSSR count). The van der Waals surface area contributed by atoms with Gasteiger partial charge in [0.2, 0.25) is 10.0 Å². The number of rotatable bonds is 5. The molecule has 26 heavy (non-hydrogen) atoms. The molecular weight excluding hydrogens is 348 g/mol. The normalized spacial score (nSPS) is 28.1. The summed E-state index contributed by atoms with van der Waals surface area (Å²) in [6, 6.07) is 5.25. The van der Waals surface area contributed by atoms with Crippen LogP contribution in [0, 0.1) is 19.3 Å². The van der Waals surface area contributed by atoms with E-state index in [0.29, 0.717) is 11.4 Å². The van der Waals surface area contributed by atoms with Gasteiger partial charge in [0.25, 0.3) is 0 Å². The molecule has 6 heteroatoms. The van der Waals surface area contributed by atoms with Crippen LogP contribution in [0.1, 0.15) is 43.7 Å². The van der Waals surface area contributed by atoms with Crippen LogP contribution >= 0.6 is 0 Å². The Hall–Kier alpha value is -0.950. The van der Waals surface area contributed by atoms with Crippen molar-refractivity contribution in [1.29, 1.82) is 0 Å². The summed E-state index contributed by atoms with van der Waals surface area (Å²) < 4.78 is 28.6. The van der Waals surface area contributed by atoms with Gasteiger partial charge in [0.15, 0.2) is 0 Å². The van der Waals surface area contributed by atoms with Gasteiger partial charge in [0, 0.05) is 24.5 Å². The van der Waals surface area contributed by atoms with Gasteiger partial charge >= 0.3 is 0 Å². The Kier molecular flexibility index (Phi) is 5.78. The SMILES string of the molecule is CCCN1CC[C@@]2(CO)CCCN(S(=O)(=O)c3ccc(C)c(C)c3)[C@@H]2C1. The lowest BCUT2D eigenvalue weighted by Crippen LogP contribution is -2.63. The largest absolute Gasteiger partial charge is 0.396 e. The molecule has 0 amide bonds. The summed E-state index contributed by atoms with van der Waals surface area (Å²) in [5.41, 5.74) is 1.79.